The van der Waals surface area contributed by atoms with Gasteiger partial charge in [0.25, 0.3) is 5.91 Å². The number of carbonyl (C=O) groups is 1. The highest BCUT2D eigenvalue weighted by Crippen LogP contribution is 2.19. The van der Waals surface area contributed by atoms with Crippen molar-refractivity contribution in [2.45, 2.75) is 6.54 Å². The van der Waals surface area contributed by atoms with Crippen molar-refractivity contribution < 1.29 is 13.7 Å². The fourth-order valence-electron chi connectivity index (χ4n) is 2.68. The summed E-state index contributed by atoms with van der Waals surface area (Å²) in [5.41, 5.74) is 0.976. The summed E-state index contributed by atoms with van der Waals surface area (Å²) in [6.45, 7) is 3.45. The molecule has 24 heavy (non-hydrogen) atoms. The second-order valence-corrected chi connectivity index (χ2v) is 6.35. The summed E-state index contributed by atoms with van der Waals surface area (Å²) in [6.07, 6.45) is 1.52. The van der Waals surface area contributed by atoms with E-state index in [4.69, 9.17) is 8.94 Å². The zero-order chi connectivity index (χ0) is 16.4. The third-order valence-electron chi connectivity index (χ3n) is 4.00. The van der Waals surface area contributed by atoms with Crippen LogP contribution in [0.5, 0.6) is 0 Å². The van der Waals surface area contributed by atoms with Gasteiger partial charge in [-0.1, -0.05) is 5.16 Å². The molecule has 0 spiro atoms. The lowest BCUT2D eigenvalue weighted by molar-refractivity contribution is 0.0585. The average Bonchev–Trinajstić information content (AvgIpc) is 3.36. The number of rotatable bonds is 4. The summed E-state index contributed by atoms with van der Waals surface area (Å²) >= 11 is 1.60. The molecule has 0 unspecified atom stereocenters. The van der Waals surface area contributed by atoms with Crippen LogP contribution in [0.15, 0.2) is 44.2 Å². The Morgan fingerprint density at radius 3 is 2.83 bits per heavy atom. The van der Waals surface area contributed by atoms with Crippen molar-refractivity contribution in [3.05, 3.63) is 46.9 Å². The van der Waals surface area contributed by atoms with Crippen molar-refractivity contribution in [2.24, 2.45) is 0 Å². The van der Waals surface area contributed by atoms with E-state index in [0.717, 1.165) is 18.7 Å². The number of carbonyl (C=O) groups excluding carboxylic acids is 1. The quantitative estimate of drug-likeness (QED) is 0.723. The van der Waals surface area contributed by atoms with Crippen LogP contribution in [0, 0.1) is 0 Å². The minimum atomic E-state index is -0.0582. The molecule has 0 N–H and O–H groups in total. The topological polar surface area (TPSA) is 75.6 Å². The number of piperazine rings is 1. The van der Waals surface area contributed by atoms with Crippen molar-refractivity contribution >= 4 is 17.2 Å². The highest BCUT2D eigenvalue weighted by molar-refractivity contribution is 7.08. The average molecular weight is 344 g/mol. The first kappa shape index (κ1) is 15.1. The van der Waals surface area contributed by atoms with E-state index in [9.17, 15) is 4.79 Å². The Bertz CT molecular complexity index is 789. The predicted molar refractivity (Wildman–Crippen MR) is 87.5 cm³/mol. The normalized spacial score (nSPS) is 15.8. The first-order chi connectivity index (χ1) is 11.8. The van der Waals surface area contributed by atoms with Gasteiger partial charge in [0.1, 0.15) is 0 Å². The molecule has 1 amide bonds. The van der Waals surface area contributed by atoms with Crippen LogP contribution in [0.3, 0.4) is 0 Å². The van der Waals surface area contributed by atoms with Gasteiger partial charge < -0.3 is 13.8 Å². The van der Waals surface area contributed by atoms with Crippen LogP contribution < -0.4 is 0 Å². The molecule has 0 radical (unpaired) electrons. The molecule has 4 heterocycles. The molecule has 1 aliphatic heterocycles. The number of nitrogens with zero attached hydrogens (tertiary/aromatic N) is 4. The van der Waals surface area contributed by atoms with Crippen LogP contribution in [-0.2, 0) is 6.54 Å². The fraction of sp³-hybridized carbons (Fsp3) is 0.312. The van der Waals surface area contributed by atoms with E-state index < -0.39 is 0 Å². The standard InChI is InChI=1S/C16H16N4O3S/c21-16(13-2-1-8-22-13)20-6-4-19(5-7-20)10-14-17-15(18-23-14)12-3-9-24-11-12/h1-3,8-9,11H,4-7,10H2. The molecule has 1 fully saturated rings. The van der Waals surface area contributed by atoms with Crippen molar-refractivity contribution in [3.8, 4) is 11.4 Å². The molecular weight excluding hydrogens is 328 g/mol. The monoisotopic (exact) mass is 344 g/mol. The largest absolute Gasteiger partial charge is 0.459 e. The van der Waals surface area contributed by atoms with Crippen LogP contribution in [-0.4, -0.2) is 52.0 Å². The molecule has 3 aromatic heterocycles. The van der Waals surface area contributed by atoms with Crippen LogP contribution in [0.4, 0.5) is 0 Å². The molecule has 124 valence electrons. The van der Waals surface area contributed by atoms with Gasteiger partial charge in [-0.2, -0.15) is 16.3 Å². The SMILES string of the molecule is O=C(c1ccco1)N1CCN(Cc2nc(-c3ccsc3)no2)CC1. The number of thiophene rings is 1. The third kappa shape index (κ3) is 3.10. The Morgan fingerprint density at radius 2 is 2.12 bits per heavy atom. The van der Waals surface area contributed by atoms with Crippen LogP contribution in [0.25, 0.3) is 11.4 Å². The smallest absolute Gasteiger partial charge is 0.289 e. The Hall–Kier alpha value is -2.45. The van der Waals surface area contributed by atoms with E-state index >= 15 is 0 Å². The third-order valence-corrected chi connectivity index (χ3v) is 4.68. The number of amides is 1. The van der Waals surface area contributed by atoms with Crippen LogP contribution in [0.2, 0.25) is 0 Å². The lowest BCUT2D eigenvalue weighted by Crippen LogP contribution is -2.48. The molecule has 0 bridgehead atoms. The maximum absolute atomic E-state index is 12.2. The number of hydrogen-bond donors (Lipinski definition) is 0. The second kappa shape index (κ2) is 6.58. The molecule has 4 rings (SSSR count). The zero-order valence-electron chi connectivity index (χ0n) is 12.9. The molecule has 7 nitrogen and oxygen atoms in total. The summed E-state index contributed by atoms with van der Waals surface area (Å²) in [5, 5.41) is 8.00. The van der Waals surface area contributed by atoms with E-state index in [1.165, 1.54) is 6.26 Å². The molecule has 0 aromatic carbocycles. The Balaban J connectivity index is 1.33. The van der Waals surface area contributed by atoms with Gasteiger partial charge in [0.05, 0.1) is 12.8 Å². The lowest BCUT2D eigenvalue weighted by Gasteiger charge is -2.33. The molecule has 1 aliphatic rings. The van der Waals surface area contributed by atoms with Gasteiger partial charge >= 0.3 is 0 Å². The van der Waals surface area contributed by atoms with E-state index in [1.807, 2.05) is 16.8 Å². The van der Waals surface area contributed by atoms with Crippen molar-refractivity contribution in [2.75, 3.05) is 26.2 Å². The van der Waals surface area contributed by atoms with Gasteiger partial charge in [-0.05, 0) is 23.6 Å². The minimum Gasteiger partial charge on any atom is -0.459 e. The first-order valence-electron chi connectivity index (χ1n) is 7.70. The molecule has 1 saturated heterocycles. The Morgan fingerprint density at radius 1 is 1.25 bits per heavy atom. The van der Waals surface area contributed by atoms with E-state index in [0.29, 0.717) is 37.1 Å². The molecule has 0 atom stereocenters. The molecule has 0 saturated carbocycles. The summed E-state index contributed by atoms with van der Waals surface area (Å²) in [5.74, 6) is 1.55. The van der Waals surface area contributed by atoms with Gasteiger partial charge in [-0.25, -0.2) is 0 Å². The van der Waals surface area contributed by atoms with Crippen molar-refractivity contribution in [1.82, 2.24) is 19.9 Å². The number of hydrogen-bond acceptors (Lipinski definition) is 7. The summed E-state index contributed by atoms with van der Waals surface area (Å²) < 4.78 is 10.5. The number of aromatic nitrogens is 2. The van der Waals surface area contributed by atoms with Crippen molar-refractivity contribution in [3.63, 3.8) is 0 Å². The molecular formula is C16H16N4O3S. The summed E-state index contributed by atoms with van der Waals surface area (Å²) in [4.78, 5) is 20.7. The zero-order valence-corrected chi connectivity index (χ0v) is 13.7. The van der Waals surface area contributed by atoms with E-state index in [1.54, 1.807) is 28.4 Å². The summed E-state index contributed by atoms with van der Waals surface area (Å²) in [7, 11) is 0. The lowest BCUT2D eigenvalue weighted by atomic mass is 10.3. The molecule has 3 aromatic rings. The maximum atomic E-state index is 12.2. The Kier molecular flexibility index (Phi) is 4.14. The van der Waals surface area contributed by atoms with Crippen molar-refractivity contribution in [1.29, 1.82) is 0 Å². The highest BCUT2D eigenvalue weighted by atomic mass is 32.1. The Labute approximate surface area is 142 Å². The maximum Gasteiger partial charge on any atom is 0.289 e. The van der Waals surface area contributed by atoms with Gasteiger partial charge in [-0.15, -0.1) is 0 Å². The van der Waals surface area contributed by atoms with Crippen LogP contribution in [0.1, 0.15) is 16.4 Å². The minimum absolute atomic E-state index is 0.0582. The molecule has 8 heteroatoms. The highest BCUT2D eigenvalue weighted by Gasteiger charge is 2.24. The van der Waals surface area contributed by atoms with E-state index in [2.05, 4.69) is 15.0 Å². The first-order valence-corrected chi connectivity index (χ1v) is 8.64. The van der Waals surface area contributed by atoms with Crippen LogP contribution >= 0.6 is 11.3 Å². The van der Waals surface area contributed by atoms with Gasteiger partial charge in [-0.3, -0.25) is 9.69 Å². The van der Waals surface area contributed by atoms with Gasteiger partial charge in [0, 0.05) is 37.1 Å². The number of furan rings is 1. The predicted octanol–water partition coefficient (Wildman–Crippen LogP) is 2.35. The van der Waals surface area contributed by atoms with Gasteiger partial charge in [0.15, 0.2) is 5.76 Å². The fourth-order valence-corrected chi connectivity index (χ4v) is 3.32. The van der Waals surface area contributed by atoms with Gasteiger partial charge in [0.2, 0.25) is 11.7 Å². The second-order valence-electron chi connectivity index (χ2n) is 5.57. The summed E-state index contributed by atoms with van der Waals surface area (Å²) in [6, 6.07) is 5.39. The molecule has 0 aliphatic carbocycles. The van der Waals surface area contributed by atoms with E-state index in [-0.39, 0.29) is 5.91 Å².